The molecule has 0 saturated carbocycles. The number of alkyl halides is 1. The molecule has 4 aromatic rings. The van der Waals surface area contributed by atoms with Crippen LogP contribution in [0.1, 0.15) is 33.7 Å². The van der Waals surface area contributed by atoms with Crippen molar-refractivity contribution in [3.8, 4) is 0 Å². The van der Waals surface area contributed by atoms with Gasteiger partial charge in [-0.2, -0.15) is 0 Å². The van der Waals surface area contributed by atoms with E-state index in [1.54, 1.807) is 12.3 Å². The number of rotatable bonds is 11. The van der Waals surface area contributed by atoms with E-state index in [4.69, 9.17) is 0 Å². The first-order valence-electron chi connectivity index (χ1n) is 12.1. The van der Waals surface area contributed by atoms with Crippen molar-refractivity contribution in [2.24, 2.45) is 0 Å². The molecule has 2 amide bonds. The molecule has 10 nitrogen and oxygen atoms in total. The number of halogens is 1. The first-order valence-corrected chi connectivity index (χ1v) is 12.1. The zero-order chi connectivity index (χ0) is 26.9. The number of aromatic nitrogens is 5. The van der Waals surface area contributed by atoms with Crippen molar-refractivity contribution in [2.75, 3.05) is 5.32 Å². The lowest BCUT2D eigenvalue weighted by atomic mass is 10.1. The highest BCUT2D eigenvalue weighted by Gasteiger charge is 2.14. The second-order valence-corrected chi connectivity index (χ2v) is 8.86. The van der Waals surface area contributed by atoms with Gasteiger partial charge in [0.1, 0.15) is 6.17 Å². The van der Waals surface area contributed by atoms with E-state index in [0.29, 0.717) is 12.2 Å². The number of nitrogens with one attached hydrogen (secondary N) is 2. The molecule has 4 rings (SSSR count). The van der Waals surface area contributed by atoms with Gasteiger partial charge in [0.05, 0.1) is 19.2 Å². The molecule has 0 saturated heterocycles. The molecule has 3 heterocycles. The maximum atomic E-state index is 14.6. The minimum Gasteiger partial charge on any atom is -0.346 e. The fourth-order valence-electron chi connectivity index (χ4n) is 3.69. The number of carbonyl (C=O) groups excluding carboxylic acids is 2. The van der Waals surface area contributed by atoms with Crippen LogP contribution in [0, 0.1) is 6.92 Å². The highest BCUT2D eigenvalue weighted by molar-refractivity contribution is 5.92. The average molecular weight is 518 g/mol. The number of hydrogen-bond acceptors (Lipinski definition) is 6. The van der Waals surface area contributed by atoms with Crippen LogP contribution < -0.4 is 16.2 Å². The van der Waals surface area contributed by atoms with Crippen LogP contribution in [0.15, 0.2) is 78.0 Å². The third-order valence-corrected chi connectivity index (χ3v) is 5.75. The summed E-state index contributed by atoms with van der Waals surface area (Å²) in [4.78, 5) is 41.1. The number of pyridine rings is 2. The van der Waals surface area contributed by atoms with E-state index in [1.165, 1.54) is 27.7 Å². The maximum Gasteiger partial charge on any atom is 0.273 e. The summed E-state index contributed by atoms with van der Waals surface area (Å²) in [7, 11) is 0. The molecule has 0 aliphatic rings. The summed E-state index contributed by atoms with van der Waals surface area (Å²) < 4.78 is 17.3. The van der Waals surface area contributed by atoms with Crippen LogP contribution in [0.2, 0.25) is 0 Å². The number of aryl methyl sites for hydroxylation is 2. The minimum atomic E-state index is -1.33. The fourth-order valence-corrected chi connectivity index (χ4v) is 3.69. The molecule has 0 spiro atoms. The van der Waals surface area contributed by atoms with Crippen molar-refractivity contribution in [2.45, 2.75) is 45.6 Å². The van der Waals surface area contributed by atoms with Gasteiger partial charge in [0.25, 0.3) is 11.5 Å². The molecule has 11 heteroatoms. The molecule has 0 radical (unpaired) electrons. The normalized spacial score (nSPS) is 11.6. The monoisotopic (exact) mass is 517 g/mol. The van der Waals surface area contributed by atoms with Crippen molar-refractivity contribution in [1.82, 2.24) is 29.9 Å². The van der Waals surface area contributed by atoms with Crippen molar-refractivity contribution < 1.29 is 14.0 Å². The van der Waals surface area contributed by atoms with Gasteiger partial charge < -0.3 is 15.2 Å². The first-order chi connectivity index (χ1) is 18.4. The molecular formula is C27H28FN7O3. The number of carbonyl (C=O) groups is 2. The third-order valence-electron chi connectivity index (χ3n) is 5.75. The third kappa shape index (κ3) is 7.66. The summed E-state index contributed by atoms with van der Waals surface area (Å²) in [5.74, 6) is -0.638. The highest BCUT2D eigenvalue weighted by atomic mass is 19.1. The van der Waals surface area contributed by atoms with E-state index in [2.05, 4.69) is 25.9 Å². The second-order valence-electron chi connectivity index (χ2n) is 8.86. The fraction of sp³-hybridized carbons (Fsp3) is 0.259. The SMILES string of the molecule is Cc1ccc(CNC(=O)c2cn(CCC(F)Cn3ccc(NC(=O)Cc4ccccc4)cc3=O)nn2)cn1. The lowest BCUT2D eigenvalue weighted by Gasteiger charge is -2.12. The Balaban J connectivity index is 1.23. The van der Waals surface area contributed by atoms with E-state index in [9.17, 15) is 18.8 Å². The lowest BCUT2D eigenvalue weighted by Crippen LogP contribution is -2.25. The predicted molar refractivity (Wildman–Crippen MR) is 139 cm³/mol. The molecule has 1 aromatic carbocycles. The zero-order valence-corrected chi connectivity index (χ0v) is 20.9. The Morgan fingerprint density at radius 3 is 2.63 bits per heavy atom. The quantitative estimate of drug-likeness (QED) is 0.315. The van der Waals surface area contributed by atoms with Gasteiger partial charge in [-0.3, -0.25) is 24.0 Å². The van der Waals surface area contributed by atoms with Crippen LogP contribution >= 0.6 is 0 Å². The van der Waals surface area contributed by atoms with Gasteiger partial charge in [-0.05, 0) is 36.6 Å². The Kier molecular flexibility index (Phi) is 8.70. The smallest absolute Gasteiger partial charge is 0.273 e. The van der Waals surface area contributed by atoms with Crippen LogP contribution in [0.4, 0.5) is 10.1 Å². The number of amides is 2. The van der Waals surface area contributed by atoms with Crippen molar-refractivity contribution in [3.05, 3.63) is 106 Å². The zero-order valence-electron chi connectivity index (χ0n) is 20.9. The maximum absolute atomic E-state index is 14.6. The molecule has 0 aliphatic carbocycles. The van der Waals surface area contributed by atoms with Gasteiger partial charge in [-0.25, -0.2) is 4.39 Å². The van der Waals surface area contributed by atoms with Gasteiger partial charge >= 0.3 is 0 Å². The Labute approximate surface area is 218 Å². The van der Waals surface area contributed by atoms with E-state index in [0.717, 1.165) is 16.8 Å². The molecule has 0 fully saturated rings. The van der Waals surface area contributed by atoms with Gasteiger partial charge in [-0.1, -0.05) is 41.6 Å². The summed E-state index contributed by atoms with van der Waals surface area (Å²) in [6.45, 7) is 2.22. The molecular weight excluding hydrogens is 489 g/mol. The van der Waals surface area contributed by atoms with Crippen LogP contribution in [0.3, 0.4) is 0 Å². The summed E-state index contributed by atoms with van der Waals surface area (Å²) in [6.07, 6.45) is 3.52. The average Bonchev–Trinajstić information content (AvgIpc) is 3.38. The summed E-state index contributed by atoms with van der Waals surface area (Å²) >= 11 is 0. The molecule has 2 N–H and O–H groups in total. The highest BCUT2D eigenvalue weighted by Crippen LogP contribution is 2.08. The molecule has 3 aromatic heterocycles. The Hall–Kier alpha value is -4.67. The summed E-state index contributed by atoms with van der Waals surface area (Å²) in [5.41, 5.74) is 2.66. The van der Waals surface area contributed by atoms with Crippen LogP contribution in [0.5, 0.6) is 0 Å². The summed E-state index contributed by atoms with van der Waals surface area (Å²) in [6, 6.07) is 15.8. The Bertz CT molecular complexity index is 1440. The number of nitrogens with zero attached hydrogens (tertiary/aromatic N) is 5. The van der Waals surface area contributed by atoms with E-state index >= 15 is 0 Å². The molecule has 0 aliphatic heterocycles. The van der Waals surface area contributed by atoms with Crippen molar-refractivity contribution in [3.63, 3.8) is 0 Å². The summed E-state index contributed by atoms with van der Waals surface area (Å²) in [5, 5.41) is 13.2. The van der Waals surface area contributed by atoms with E-state index in [-0.39, 0.29) is 37.5 Å². The number of benzene rings is 1. The van der Waals surface area contributed by atoms with Crippen LogP contribution in [-0.4, -0.2) is 42.5 Å². The van der Waals surface area contributed by atoms with Gasteiger partial charge in [0.15, 0.2) is 5.69 Å². The van der Waals surface area contributed by atoms with Gasteiger partial charge in [-0.15, -0.1) is 5.10 Å². The standard InChI is InChI=1S/C27H28FN7O3/c1-19-7-8-21(15-29-19)16-30-27(38)24-18-35(33-32-24)12-9-22(28)17-34-11-10-23(14-26(34)37)31-25(36)13-20-5-3-2-4-6-20/h2-8,10-11,14-15,18,22H,9,12-13,16-17H2,1H3,(H,30,38)(H,31,36). The second kappa shape index (κ2) is 12.5. The minimum absolute atomic E-state index is 0.0709. The lowest BCUT2D eigenvalue weighted by molar-refractivity contribution is -0.115. The molecule has 1 atom stereocenters. The topological polar surface area (TPSA) is 124 Å². The molecule has 196 valence electrons. The molecule has 38 heavy (non-hydrogen) atoms. The van der Waals surface area contributed by atoms with Crippen LogP contribution in [0.25, 0.3) is 0 Å². The first kappa shape index (κ1) is 26.4. The van der Waals surface area contributed by atoms with E-state index < -0.39 is 17.6 Å². The number of hydrogen-bond donors (Lipinski definition) is 2. The van der Waals surface area contributed by atoms with Crippen molar-refractivity contribution in [1.29, 1.82) is 0 Å². The largest absolute Gasteiger partial charge is 0.346 e. The Morgan fingerprint density at radius 1 is 1.08 bits per heavy atom. The molecule has 0 bridgehead atoms. The van der Waals surface area contributed by atoms with Gasteiger partial charge in [0, 0.05) is 42.9 Å². The van der Waals surface area contributed by atoms with Gasteiger partial charge in [0.2, 0.25) is 5.91 Å². The van der Waals surface area contributed by atoms with Crippen molar-refractivity contribution >= 4 is 17.5 Å². The predicted octanol–water partition coefficient (Wildman–Crippen LogP) is 2.68. The number of anilines is 1. The molecule has 1 unspecified atom stereocenters. The Morgan fingerprint density at radius 2 is 1.89 bits per heavy atom. The van der Waals surface area contributed by atoms with E-state index in [1.807, 2.05) is 49.4 Å². The van der Waals surface area contributed by atoms with Crippen LogP contribution in [-0.2, 0) is 30.8 Å².